The van der Waals surface area contributed by atoms with Gasteiger partial charge in [0.15, 0.2) is 0 Å². The van der Waals surface area contributed by atoms with E-state index in [9.17, 15) is 2.74 Å². The molecule has 0 aliphatic rings. The predicted molar refractivity (Wildman–Crippen MR) is 208 cm³/mol. The summed E-state index contributed by atoms with van der Waals surface area (Å²) in [4.78, 5) is 0. The molecule has 10 aromatic rings. The van der Waals surface area contributed by atoms with E-state index in [2.05, 4.69) is 84.9 Å². The van der Waals surface area contributed by atoms with Crippen molar-refractivity contribution in [2.45, 2.75) is 0 Å². The Kier molecular flexibility index (Phi) is 5.38. The van der Waals surface area contributed by atoms with Gasteiger partial charge in [-0.25, -0.2) is 0 Å². The van der Waals surface area contributed by atoms with Crippen molar-refractivity contribution in [1.82, 2.24) is 0 Å². The molecule has 0 saturated heterocycles. The molecule has 0 spiro atoms. The largest absolute Gasteiger partial charge is 0.456 e. The molecule has 0 atom stereocenters. The van der Waals surface area contributed by atoms with Crippen molar-refractivity contribution in [3.63, 3.8) is 0 Å². The van der Waals surface area contributed by atoms with Gasteiger partial charge in [0.25, 0.3) is 0 Å². The summed E-state index contributed by atoms with van der Waals surface area (Å²) < 4.78 is 42.7. The zero-order chi connectivity index (χ0) is 35.8. The predicted octanol–water partition coefficient (Wildman–Crippen LogP) is 13.7. The van der Waals surface area contributed by atoms with Gasteiger partial charge in [-0.1, -0.05) is 158 Å². The van der Waals surface area contributed by atoms with Crippen LogP contribution in [0.15, 0.2) is 186 Å². The van der Waals surface area contributed by atoms with Gasteiger partial charge in [0.2, 0.25) is 0 Å². The molecule has 1 heterocycles. The van der Waals surface area contributed by atoms with E-state index in [4.69, 9.17) is 7.16 Å². The van der Waals surface area contributed by atoms with Crippen molar-refractivity contribution < 1.29 is 9.90 Å². The molecule has 1 nitrogen and oxygen atoms in total. The lowest BCUT2D eigenvalue weighted by Crippen LogP contribution is -1.92. The van der Waals surface area contributed by atoms with Gasteiger partial charge in [0.05, 0.1) is 5.48 Å². The molecule has 1 heteroatoms. The first-order valence-electron chi connectivity index (χ1n) is 18.5. The number of rotatable bonds is 4. The van der Waals surface area contributed by atoms with Gasteiger partial charge in [0, 0.05) is 10.8 Å². The molecule has 10 rings (SSSR count). The summed E-state index contributed by atoms with van der Waals surface area (Å²) in [7, 11) is 0. The normalized spacial score (nSPS) is 12.8. The quantitative estimate of drug-likeness (QED) is 0.177. The van der Waals surface area contributed by atoms with Gasteiger partial charge in [-0.2, -0.15) is 0 Å². The average molecular weight is 627 g/mol. The summed E-state index contributed by atoms with van der Waals surface area (Å²) in [5, 5.41) is 8.23. The summed E-state index contributed by atoms with van der Waals surface area (Å²) in [6.45, 7) is 0. The highest BCUT2D eigenvalue weighted by atomic mass is 16.3. The Morgan fingerprint density at radius 2 is 0.857 bits per heavy atom. The molecule has 0 aliphatic heterocycles. The second-order valence-electron chi connectivity index (χ2n) is 12.5. The highest BCUT2D eigenvalue weighted by Crippen LogP contribution is 2.47. The smallest absolute Gasteiger partial charge is 0.136 e. The Morgan fingerprint density at radius 1 is 0.347 bits per heavy atom. The van der Waals surface area contributed by atoms with Gasteiger partial charge in [-0.05, 0) is 101 Å². The lowest BCUT2D eigenvalue weighted by atomic mass is 9.83. The highest BCUT2D eigenvalue weighted by Gasteiger charge is 2.20. The van der Waals surface area contributed by atoms with E-state index in [1.54, 1.807) is 0 Å². The lowest BCUT2D eigenvalue weighted by Gasteiger charge is -2.19. The van der Waals surface area contributed by atoms with Crippen molar-refractivity contribution in [3.8, 4) is 44.5 Å². The zero-order valence-corrected chi connectivity index (χ0v) is 26.4. The lowest BCUT2D eigenvalue weighted by molar-refractivity contribution is 0.669. The number of fused-ring (bicyclic) bond motifs is 6. The minimum Gasteiger partial charge on any atom is -0.456 e. The van der Waals surface area contributed by atoms with Gasteiger partial charge in [-0.15, -0.1) is 0 Å². The van der Waals surface area contributed by atoms with Crippen LogP contribution in [-0.2, 0) is 0 Å². The van der Waals surface area contributed by atoms with Gasteiger partial charge in [-0.3, -0.25) is 0 Å². The zero-order valence-electron chi connectivity index (χ0n) is 30.4. The molecule has 0 fully saturated rings. The second-order valence-corrected chi connectivity index (χ2v) is 12.5. The molecular formula is C48H30O. The Balaban J connectivity index is 1.24. The third kappa shape index (κ3) is 4.47. The molecule has 0 radical (unpaired) electrons. The van der Waals surface area contributed by atoms with Gasteiger partial charge < -0.3 is 4.42 Å². The van der Waals surface area contributed by atoms with Crippen molar-refractivity contribution in [3.05, 3.63) is 182 Å². The number of hydrogen-bond donors (Lipinski definition) is 0. The summed E-state index contributed by atoms with van der Waals surface area (Å²) in [5.74, 6) is 0. The SMILES string of the molecule is [2H]c1c([2H])c([2H])c(-c2c3ccccc3c(-c3ccc4c(c3)oc3cc5ccccc5cc34)c3ccccc23)c(-c2ccc(-c3ccccc3)cc2)c1[2H]. The fraction of sp³-hybridized carbons (Fsp3) is 0. The molecule has 0 aliphatic carbocycles. The first-order valence-corrected chi connectivity index (χ1v) is 16.5. The minimum atomic E-state index is -0.255. The number of furan rings is 1. The van der Waals surface area contributed by atoms with Gasteiger partial charge >= 0.3 is 0 Å². The van der Waals surface area contributed by atoms with Crippen LogP contribution >= 0.6 is 0 Å². The van der Waals surface area contributed by atoms with Crippen LogP contribution in [0.25, 0.3) is 98.8 Å². The average Bonchev–Trinajstić information content (AvgIpc) is 3.56. The molecule has 49 heavy (non-hydrogen) atoms. The first kappa shape index (κ1) is 23.8. The molecule has 0 amide bonds. The van der Waals surface area contributed by atoms with E-state index in [1.807, 2.05) is 72.8 Å². The van der Waals surface area contributed by atoms with Crippen LogP contribution < -0.4 is 0 Å². The highest BCUT2D eigenvalue weighted by molar-refractivity contribution is 6.23. The van der Waals surface area contributed by atoms with E-state index in [0.717, 1.165) is 82.3 Å². The van der Waals surface area contributed by atoms with Crippen molar-refractivity contribution in [1.29, 1.82) is 0 Å². The van der Waals surface area contributed by atoms with Crippen LogP contribution in [0.4, 0.5) is 0 Å². The number of benzene rings is 9. The van der Waals surface area contributed by atoms with E-state index in [1.165, 1.54) is 5.39 Å². The number of hydrogen-bond acceptors (Lipinski definition) is 1. The van der Waals surface area contributed by atoms with Crippen LogP contribution in [-0.4, -0.2) is 0 Å². The monoisotopic (exact) mass is 626 g/mol. The molecule has 1 aromatic heterocycles. The van der Waals surface area contributed by atoms with E-state index in [-0.39, 0.29) is 24.2 Å². The summed E-state index contributed by atoms with van der Waals surface area (Å²) in [5.41, 5.74) is 8.30. The van der Waals surface area contributed by atoms with Gasteiger partial charge in [0.1, 0.15) is 11.2 Å². The maximum Gasteiger partial charge on any atom is 0.136 e. The third-order valence-electron chi connectivity index (χ3n) is 9.78. The van der Waals surface area contributed by atoms with Crippen molar-refractivity contribution >= 4 is 54.3 Å². The Hall–Kier alpha value is -6.44. The van der Waals surface area contributed by atoms with E-state index < -0.39 is 0 Å². The molecule has 9 aromatic carbocycles. The molecule has 0 N–H and O–H groups in total. The van der Waals surface area contributed by atoms with Crippen LogP contribution in [0, 0.1) is 0 Å². The van der Waals surface area contributed by atoms with Crippen LogP contribution in [0.2, 0.25) is 0 Å². The Labute approximate surface area is 289 Å². The molecule has 228 valence electrons. The standard InChI is InChI=1S/C48H30O/c1-2-12-31(13-3-1)32-22-24-33(25-23-32)37-16-6-7-17-39(37)48-42-20-10-8-18-40(42)47(41-19-9-11-21-43(41)48)36-26-27-38-44-28-34-14-4-5-15-35(34)29-46(44)49-45(38)30-36/h1-30H/i6D,7D,16D,17D. The fourth-order valence-corrected chi connectivity index (χ4v) is 7.50. The maximum absolute atomic E-state index is 9.40. The first-order chi connectivity index (χ1) is 26.0. The summed E-state index contributed by atoms with van der Waals surface area (Å²) in [6.07, 6.45) is 0. The summed E-state index contributed by atoms with van der Waals surface area (Å²) in [6, 6.07) is 52.9. The Morgan fingerprint density at radius 3 is 1.55 bits per heavy atom. The summed E-state index contributed by atoms with van der Waals surface area (Å²) >= 11 is 0. The van der Waals surface area contributed by atoms with Crippen LogP contribution in [0.3, 0.4) is 0 Å². The third-order valence-corrected chi connectivity index (χ3v) is 9.78. The topological polar surface area (TPSA) is 13.1 Å². The van der Waals surface area contributed by atoms with Crippen molar-refractivity contribution in [2.24, 2.45) is 0 Å². The second kappa shape index (κ2) is 11.1. The van der Waals surface area contributed by atoms with E-state index in [0.29, 0.717) is 11.1 Å². The Bertz CT molecular complexity index is 3030. The minimum absolute atomic E-state index is 0.0614. The van der Waals surface area contributed by atoms with Crippen molar-refractivity contribution in [2.75, 3.05) is 0 Å². The molecule has 0 bridgehead atoms. The van der Waals surface area contributed by atoms with Crippen LogP contribution in [0.5, 0.6) is 0 Å². The fourth-order valence-electron chi connectivity index (χ4n) is 7.50. The van der Waals surface area contributed by atoms with Crippen LogP contribution in [0.1, 0.15) is 5.48 Å². The molecule has 0 unspecified atom stereocenters. The van der Waals surface area contributed by atoms with E-state index >= 15 is 0 Å². The molecular weight excluding hydrogens is 593 g/mol. The molecule has 0 saturated carbocycles. The maximum atomic E-state index is 9.40.